The van der Waals surface area contributed by atoms with Gasteiger partial charge in [0.2, 0.25) is 6.79 Å². The minimum atomic E-state index is -0.404. The summed E-state index contributed by atoms with van der Waals surface area (Å²) in [6.07, 6.45) is 1.66. The number of hydrogen-bond acceptors (Lipinski definition) is 5. The molecule has 1 heterocycles. The van der Waals surface area contributed by atoms with Gasteiger partial charge in [-0.1, -0.05) is 35.5 Å². The van der Waals surface area contributed by atoms with E-state index in [0.717, 1.165) is 11.1 Å². The van der Waals surface area contributed by atoms with Crippen molar-refractivity contribution in [2.75, 3.05) is 6.79 Å². The fourth-order valence-corrected chi connectivity index (χ4v) is 1.93. The molecule has 0 fully saturated rings. The molecule has 2 aromatic rings. The lowest BCUT2D eigenvalue weighted by molar-refractivity contribution is -0.142. The number of carbonyl (C=O) groups is 1. The standard InChI is InChI=1S/C16H13NO4/c18-16(9-12-4-2-1-3-5-12)21-17-10-13-6-7-14-15(8-13)20-11-19-14/h1-8,10H,9,11H2/b17-10+. The van der Waals surface area contributed by atoms with Crippen LogP contribution in [0.1, 0.15) is 11.1 Å². The molecule has 5 heteroatoms. The minimum Gasteiger partial charge on any atom is -0.454 e. The Morgan fingerprint density at radius 1 is 1.14 bits per heavy atom. The van der Waals surface area contributed by atoms with Crippen LogP contribution in [0.25, 0.3) is 0 Å². The van der Waals surface area contributed by atoms with E-state index < -0.39 is 5.97 Å². The molecule has 0 aliphatic carbocycles. The normalized spacial score (nSPS) is 12.6. The molecule has 0 radical (unpaired) electrons. The summed E-state index contributed by atoms with van der Waals surface area (Å²) in [5, 5.41) is 3.69. The van der Waals surface area contributed by atoms with Gasteiger partial charge in [0.05, 0.1) is 12.6 Å². The number of benzene rings is 2. The Morgan fingerprint density at radius 2 is 1.95 bits per heavy atom. The molecule has 0 bridgehead atoms. The molecule has 106 valence electrons. The summed E-state index contributed by atoms with van der Waals surface area (Å²) in [5.41, 5.74) is 1.66. The first kappa shape index (κ1) is 13.2. The van der Waals surface area contributed by atoms with E-state index >= 15 is 0 Å². The van der Waals surface area contributed by atoms with E-state index in [1.54, 1.807) is 12.1 Å². The number of carbonyl (C=O) groups excluding carboxylic acids is 1. The van der Waals surface area contributed by atoms with Gasteiger partial charge in [0.15, 0.2) is 11.5 Å². The van der Waals surface area contributed by atoms with Gasteiger partial charge >= 0.3 is 5.97 Å². The Kier molecular flexibility index (Phi) is 3.82. The zero-order valence-electron chi connectivity index (χ0n) is 11.2. The molecule has 5 nitrogen and oxygen atoms in total. The molecular weight excluding hydrogens is 270 g/mol. The fourth-order valence-electron chi connectivity index (χ4n) is 1.93. The first-order valence-electron chi connectivity index (χ1n) is 6.48. The molecule has 0 aromatic heterocycles. The quantitative estimate of drug-likeness (QED) is 0.491. The summed E-state index contributed by atoms with van der Waals surface area (Å²) in [6.45, 7) is 0.224. The zero-order chi connectivity index (χ0) is 14.5. The Bertz CT molecular complexity index is 667. The summed E-state index contributed by atoms with van der Waals surface area (Å²) in [6, 6.07) is 14.7. The first-order chi connectivity index (χ1) is 10.3. The largest absolute Gasteiger partial charge is 0.454 e. The molecule has 1 aliphatic rings. The molecule has 21 heavy (non-hydrogen) atoms. The predicted octanol–water partition coefficient (Wildman–Crippen LogP) is 2.54. The van der Waals surface area contributed by atoms with Crippen LogP contribution in [0.2, 0.25) is 0 Å². The molecule has 0 N–H and O–H groups in total. The summed E-state index contributed by atoms with van der Waals surface area (Å²) in [4.78, 5) is 16.4. The topological polar surface area (TPSA) is 57.1 Å². The van der Waals surface area contributed by atoms with Gasteiger partial charge in [0.25, 0.3) is 0 Å². The number of rotatable bonds is 4. The Morgan fingerprint density at radius 3 is 2.81 bits per heavy atom. The van der Waals surface area contributed by atoms with Crippen LogP contribution in [0.5, 0.6) is 11.5 Å². The van der Waals surface area contributed by atoms with Gasteiger partial charge in [-0.15, -0.1) is 0 Å². The lowest BCUT2D eigenvalue weighted by atomic mass is 10.2. The second-order valence-corrected chi connectivity index (χ2v) is 4.47. The van der Waals surface area contributed by atoms with E-state index in [1.807, 2.05) is 36.4 Å². The van der Waals surface area contributed by atoms with Gasteiger partial charge in [-0.3, -0.25) is 0 Å². The maximum Gasteiger partial charge on any atom is 0.339 e. The molecule has 2 aromatic carbocycles. The van der Waals surface area contributed by atoms with Crippen molar-refractivity contribution in [3.05, 3.63) is 59.7 Å². The molecular formula is C16H13NO4. The molecule has 0 atom stereocenters. The van der Waals surface area contributed by atoms with Crippen LogP contribution < -0.4 is 9.47 Å². The van der Waals surface area contributed by atoms with E-state index in [4.69, 9.17) is 14.3 Å². The predicted molar refractivity (Wildman–Crippen MR) is 76.4 cm³/mol. The summed E-state index contributed by atoms with van der Waals surface area (Å²) < 4.78 is 10.5. The first-order valence-corrected chi connectivity index (χ1v) is 6.48. The minimum absolute atomic E-state index is 0.194. The van der Waals surface area contributed by atoms with E-state index in [2.05, 4.69) is 5.16 Å². The lowest BCUT2D eigenvalue weighted by Crippen LogP contribution is -2.04. The SMILES string of the molecule is O=C(Cc1ccccc1)O/N=C/c1ccc2c(c1)OCO2. The third-order valence-electron chi connectivity index (χ3n) is 2.94. The number of ether oxygens (including phenoxy) is 2. The van der Waals surface area contributed by atoms with E-state index in [-0.39, 0.29) is 13.2 Å². The molecule has 0 spiro atoms. The van der Waals surface area contributed by atoms with E-state index in [0.29, 0.717) is 11.5 Å². The Balaban J connectivity index is 1.56. The number of hydrogen-bond donors (Lipinski definition) is 0. The van der Waals surface area contributed by atoms with Crippen molar-refractivity contribution in [2.24, 2.45) is 5.16 Å². The number of fused-ring (bicyclic) bond motifs is 1. The van der Waals surface area contributed by atoms with Gasteiger partial charge in [0.1, 0.15) is 0 Å². The maximum absolute atomic E-state index is 11.6. The van der Waals surface area contributed by atoms with Gasteiger partial charge in [-0.25, -0.2) is 4.79 Å². The van der Waals surface area contributed by atoms with Crippen LogP contribution in [0.15, 0.2) is 53.7 Å². The molecule has 0 saturated heterocycles. The van der Waals surface area contributed by atoms with Crippen molar-refractivity contribution in [2.45, 2.75) is 6.42 Å². The number of nitrogens with zero attached hydrogens (tertiary/aromatic N) is 1. The van der Waals surface area contributed by atoms with Crippen LogP contribution in [0.4, 0.5) is 0 Å². The average Bonchev–Trinajstić information content (AvgIpc) is 2.96. The zero-order valence-corrected chi connectivity index (χ0v) is 11.2. The smallest absolute Gasteiger partial charge is 0.339 e. The van der Waals surface area contributed by atoms with Crippen LogP contribution in [-0.4, -0.2) is 19.0 Å². The van der Waals surface area contributed by atoms with Crippen LogP contribution >= 0.6 is 0 Å². The van der Waals surface area contributed by atoms with Gasteiger partial charge in [0, 0.05) is 5.56 Å². The van der Waals surface area contributed by atoms with E-state index in [1.165, 1.54) is 6.21 Å². The van der Waals surface area contributed by atoms with Gasteiger partial charge in [-0.05, 0) is 23.8 Å². The lowest BCUT2D eigenvalue weighted by Gasteiger charge is -1.99. The monoisotopic (exact) mass is 283 g/mol. The third-order valence-corrected chi connectivity index (χ3v) is 2.94. The van der Waals surface area contributed by atoms with Crippen molar-refractivity contribution >= 4 is 12.2 Å². The highest BCUT2D eigenvalue weighted by Gasteiger charge is 2.12. The van der Waals surface area contributed by atoms with Crippen molar-refractivity contribution in [3.8, 4) is 11.5 Å². The highest BCUT2D eigenvalue weighted by molar-refractivity contribution is 5.81. The summed E-state index contributed by atoms with van der Waals surface area (Å²) in [7, 11) is 0. The van der Waals surface area contributed by atoms with Crippen LogP contribution in [0, 0.1) is 0 Å². The molecule has 3 rings (SSSR count). The highest BCUT2D eigenvalue weighted by Crippen LogP contribution is 2.31. The van der Waals surface area contributed by atoms with Gasteiger partial charge < -0.3 is 14.3 Å². The Labute approximate surface area is 121 Å². The molecule has 1 aliphatic heterocycles. The van der Waals surface area contributed by atoms with Crippen molar-refractivity contribution in [1.82, 2.24) is 0 Å². The third kappa shape index (κ3) is 3.39. The molecule has 0 amide bonds. The summed E-state index contributed by atoms with van der Waals surface area (Å²) in [5.74, 6) is 0.959. The molecule has 0 unspecified atom stereocenters. The second-order valence-electron chi connectivity index (χ2n) is 4.47. The van der Waals surface area contributed by atoms with Crippen molar-refractivity contribution < 1.29 is 19.1 Å². The van der Waals surface area contributed by atoms with Crippen molar-refractivity contribution in [1.29, 1.82) is 0 Å². The maximum atomic E-state index is 11.6. The Hall–Kier alpha value is -2.82. The molecule has 0 saturated carbocycles. The second kappa shape index (κ2) is 6.09. The van der Waals surface area contributed by atoms with E-state index in [9.17, 15) is 4.79 Å². The number of oxime groups is 1. The van der Waals surface area contributed by atoms with Crippen molar-refractivity contribution in [3.63, 3.8) is 0 Å². The van der Waals surface area contributed by atoms with Gasteiger partial charge in [-0.2, -0.15) is 0 Å². The summed E-state index contributed by atoms with van der Waals surface area (Å²) >= 11 is 0. The average molecular weight is 283 g/mol. The van der Waals surface area contributed by atoms with Crippen LogP contribution in [0.3, 0.4) is 0 Å². The van der Waals surface area contributed by atoms with Crippen LogP contribution in [-0.2, 0) is 16.1 Å². The highest BCUT2D eigenvalue weighted by atomic mass is 16.7. The fraction of sp³-hybridized carbons (Fsp3) is 0.125.